The zero-order valence-corrected chi connectivity index (χ0v) is 11.5. The third-order valence-electron chi connectivity index (χ3n) is 4.23. The highest BCUT2D eigenvalue weighted by atomic mass is 35.5. The van der Waals surface area contributed by atoms with Gasteiger partial charge in [-0.3, -0.25) is 0 Å². The van der Waals surface area contributed by atoms with E-state index in [1.807, 2.05) is 11.8 Å². The standard InChI is InChI=1S/C14H18ClNS/c15-13-7-11(14(9-16)4-5-14)1-2-12(13)10-3-6-17-8-10/h1-2,7,10H,3-6,8-9,16H2. The molecule has 1 nitrogen and oxygen atoms in total. The molecule has 3 heteroatoms. The summed E-state index contributed by atoms with van der Waals surface area (Å²) >= 11 is 8.48. The average Bonchev–Trinajstić information content (AvgIpc) is 2.97. The van der Waals surface area contributed by atoms with Crippen molar-refractivity contribution in [2.24, 2.45) is 5.73 Å². The van der Waals surface area contributed by atoms with Crippen molar-refractivity contribution in [2.75, 3.05) is 18.1 Å². The molecule has 92 valence electrons. The summed E-state index contributed by atoms with van der Waals surface area (Å²) in [7, 11) is 0. The summed E-state index contributed by atoms with van der Waals surface area (Å²) in [5.41, 5.74) is 8.81. The van der Waals surface area contributed by atoms with Gasteiger partial charge in [-0.1, -0.05) is 23.7 Å². The SMILES string of the molecule is NCC1(c2ccc(C3CCSC3)c(Cl)c2)CC1. The third kappa shape index (κ3) is 2.11. The maximum absolute atomic E-state index is 6.45. The molecule has 0 aromatic heterocycles. The molecule has 1 atom stereocenters. The van der Waals surface area contributed by atoms with Crippen LogP contribution in [0.15, 0.2) is 18.2 Å². The summed E-state index contributed by atoms with van der Waals surface area (Å²) in [6.45, 7) is 0.752. The molecule has 0 bridgehead atoms. The van der Waals surface area contributed by atoms with Crippen molar-refractivity contribution in [3.8, 4) is 0 Å². The van der Waals surface area contributed by atoms with Gasteiger partial charge in [0.05, 0.1) is 0 Å². The normalized spacial score (nSPS) is 26.1. The van der Waals surface area contributed by atoms with Gasteiger partial charge in [0.15, 0.2) is 0 Å². The number of benzene rings is 1. The minimum Gasteiger partial charge on any atom is -0.330 e. The van der Waals surface area contributed by atoms with E-state index in [0.29, 0.717) is 5.92 Å². The van der Waals surface area contributed by atoms with Crippen molar-refractivity contribution in [3.63, 3.8) is 0 Å². The van der Waals surface area contributed by atoms with Crippen molar-refractivity contribution in [2.45, 2.75) is 30.6 Å². The highest BCUT2D eigenvalue weighted by Crippen LogP contribution is 2.48. The molecule has 3 rings (SSSR count). The molecule has 1 saturated carbocycles. The first-order valence-corrected chi connectivity index (χ1v) is 7.86. The lowest BCUT2D eigenvalue weighted by Crippen LogP contribution is -2.19. The van der Waals surface area contributed by atoms with Gasteiger partial charge >= 0.3 is 0 Å². The Bertz CT molecular complexity index is 422. The molecule has 17 heavy (non-hydrogen) atoms. The first kappa shape index (κ1) is 11.9. The Morgan fingerprint density at radius 1 is 1.41 bits per heavy atom. The summed E-state index contributed by atoms with van der Waals surface area (Å²) < 4.78 is 0. The fourth-order valence-electron chi connectivity index (χ4n) is 2.73. The molecule has 1 heterocycles. The first-order valence-electron chi connectivity index (χ1n) is 6.33. The smallest absolute Gasteiger partial charge is 0.0444 e. The molecule has 1 aliphatic heterocycles. The molecular formula is C14H18ClNS. The van der Waals surface area contributed by atoms with Crippen LogP contribution in [0.2, 0.25) is 5.02 Å². The van der Waals surface area contributed by atoms with Gasteiger partial charge in [-0.25, -0.2) is 0 Å². The molecule has 0 spiro atoms. The maximum atomic E-state index is 6.45. The summed E-state index contributed by atoms with van der Waals surface area (Å²) in [5, 5.41) is 0.953. The molecule has 1 aliphatic carbocycles. The Hall–Kier alpha value is -0.180. The number of nitrogens with two attached hydrogens (primary N) is 1. The number of hydrogen-bond acceptors (Lipinski definition) is 2. The van der Waals surface area contributed by atoms with E-state index in [1.54, 1.807) is 0 Å². The van der Waals surface area contributed by atoms with Crippen molar-refractivity contribution >= 4 is 23.4 Å². The molecule has 1 saturated heterocycles. The summed E-state index contributed by atoms with van der Waals surface area (Å²) in [6.07, 6.45) is 3.71. The minimum absolute atomic E-state index is 0.257. The van der Waals surface area contributed by atoms with Gasteiger partial charge in [0.25, 0.3) is 0 Å². The molecule has 2 N–H and O–H groups in total. The molecule has 0 radical (unpaired) electrons. The summed E-state index contributed by atoms with van der Waals surface area (Å²) in [4.78, 5) is 0. The first-order chi connectivity index (χ1) is 8.25. The molecule has 2 fully saturated rings. The fraction of sp³-hybridized carbons (Fsp3) is 0.571. The molecule has 1 aromatic carbocycles. The van der Waals surface area contributed by atoms with Crippen LogP contribution in [0.1, 0.15) is 36.3 Å². The summed E-state index contributed by atoms with van der Waals surface area (Å²) in [6, 6.07) is 6.66. The molecule has 0 amide bonds. The van der Waals surface area contributed by atoms with Crippen LogP contribution in [0.4, 0.5) is 0 Å². The number of hydrogen-bond donors (Lipinski definition) is 1. The zero-order valence-electron chi connectivity index (χ0n) is 9.92. The topological polar surface area (TPSA) is 26.0 Å². The Morgan fingerprint density at radius 2 is 2.24 bits per heavy atom. The Labute approximate surface area is 112 Å². The Balaban J connectivity index is 1.88. The zero-order chi connectivity index (χ0) is 11.9. The van der Waals surface area contributed by atoms with Crippen molar-refractivity contribution < 1.29 is 0 Å². The van der Waals surface area contributed by atoms with Crippen LogP contribution < -0.4 is 5.73 Å². The quantitative estimate of drug-likeness (QED) is 0.906. The van der Waals surface area contributed by atoms with Crippen molar-refractivity contribution in [1.82, 2.24) is 0 Å². The van der Waals surface area contributed by atoms with Crippen molar-refractivity contribution in [1.29, 1.82) is 0 Å². The van der Waals surface area contributed by atoms with Gasteiger partial charge in [-0.2, -0.15) is 11.8 Å². The van der Waals surface area contributed by atoms with E-state index >= 15 is 0 Å². The van der Waals surface area contributed by atoms with Crippen LogP contribution in [0.25, 0.3) is 0 Å². The summed E-state index contributed by atoms with van der Waals surface area (Å²) in [5.74, 6) is 3.16. The Morgan fingerprint density at radius 3 is 2.76 bits per heavy atom. The lowest BCUT2D eigenvalue weighted by Gasteiger charge is -2.17. The monoisotopic (exact) mass is 267 g/mol. The second kappa shape index (κ2) is 4.49. The van der Waals surface area contributed by atoms with Crippen LogP contribution in [0.5, 0.6) is 0 Å². The van der Waals surface area contributed by atoms with Crippen LogP contribution in [-0.2, 0) is 5.41 Å². The van der Waals surface area contributed by atoms with Crippen LogP contribution in [0, 0.1) is 0 Å². The van der Waals surface area contributed by atoms with E-state index in [-0.39, 0.29) is 5.41 Å². The van der Waals surface area contributed by atoms with E-state index in [2.05, 4.69) is 18.2 Å². The molecule has 1 aromatic rings. The number of halogens is 1. The lowest BCUT2D eigenvalue weighted by molar-refractivity contribution is 0.702. The molecular weight excluding hydrogens is 250 g/mol. The highest BCUT2D eigenvalue weighted by molar-refractivity contribution is 7.99. The largest absolute Gasteiger partial charge is 0.330 e. The van der Waals surface area contributed by atoms with Gasteiger partial charge in [-0.05, 0) is 48.1 Å². The second-order valence-electron chi connectivity index (χ2n) is 5.28. The maximum Gasteiger partial charge on any atom is 0.0444 e. The van der Waals surface area contributed by atoms with E-state index < -0.39 is 0 Å². The van der Waals surface area contributed by atoms with Gasteiger partial charge in [0.2, 0.25) is 0 Å². The molecule has 1 unspecified atom stereocenters. The lowest BCUT2D eigenvalue weighted by atomic mass is 9.91. The van der Waals surface area contributed by atoms with E-state index in [4.69, 9.17) is 17.3 Å². The van der Waals surface area contributed by atoms with Gasteiger partial charge in [0.1, 0.15) is 0 Å². The second-order valence-corrected chi connectivity index (χ2v) is 6.84. The predicted octanol–water partition coefficient (Wildman–Crippen LogP) is 3.55. The number of rotatable bonds is 3. The van der Waals surface area contributed by atoms with Crippen LogP contribution in [-0.4, -0.2) is 18.1 Å². The molecule has 2 aliphatic rings. The number of thioether (sulfide) groups is 1. The van der Waals surface area contributed by atoms with Crippen LogP contribution >= 0.6 is 23.4 Å². The van der Waals surface area contributed by atoms with E-state index in [1.165, 1.54) is 41.9 Å². The van der Waals surface area contributed by atoms with Crippen molar-refractivity contribution in [3.05, 3.63) is 34.3 Å². The Kier molecular flexibility index (Phi) is 3.14. The third-order valence-corrected chi connectivity index (χ3v) is 5.72. The van der Waals surface area contributed by atoms with Gasteiger partial charge < -0.3 is 5.73 Å². The van der Waals surface area contributed by atoms with E-state index in [9.17, 15) is 0 Å². The minimum atomic E-state index is 0.257. The average molecular weight is 268 g/mol. The highest BCUT2D eigenvalue weighted by Gasteiger charge is 2.43. The predicted molar refractivity (Wildman–Crippen MR) is 76.1 cm³/mol. The van der Waals surface area contributed by atoms with Crippen LogP contribution in [0.3, 0.4) is 0 Å². The van der Waals surface area contributed by atoms with E-state index in [0.717, 1.165) is 11.6 Å². The van der Waals surface area contributed by atoms with Gasteiger partial charge in [0, 0.05) is 22.7 Å². The fourth-order valence-corrected chi connectivity index (χ4v) is 4.31. The van der Waals surface area contributed by atoms with Gasteiger partial charge in [-0.15, -0.1) is 0 Å².